The van der Waals surface area contributed by atoms with Gasteiger partial charge in [-0.3, -0.25) is 10.2 Å². The molecule has 0 unspecified atom stereocenters. The summed E-state index contributed by atoms with van der Waals surface area (Å²) >= 11 is 0. The molecule has 0 aliphatic rings. The molecular formula is C25H44N2O. The van der Waals surface area contributed by atoms with Crippen LogP contribution in [0.3, 0.4) is 0 Å². The van der Waals surface area contributed by atoms with Gasteiger partial charge in [-0.15, -0.1) is 0 Å². The van der Waals surface area contributed by atoms with Crippen LogP contribution in [0.25, 0.3) is 0 Å². The summed E-state index contributed by atoms with van der Waals surface area (Å²) in [5, 5.41) is 0. The van der Waals surface area contributed by atoms with Gasteiger partial charge in [-0.1, -0.05) is 102 Å². The van der Waals surface area contributed by atoms with Crippen molar-refractivity contribution in [3.8, 4) is 23.7 Å². The van der Waals surface area contributed by atoms with Gasteiger partial charge in [0, 0.05) is 19.3 Å². The van der Waals surface area contributed by atoms with E-state index in [0.717, 1.165) is 32.1 Å². The first-order valence-electron chi connectivity index (χ1n) is 11.8. The molecule has 3 N–H and O–H groups in total. The highest BCUT2D eigenvalue weighted by molar-refractivity contribution is 5.74. The number of hydrogen-bond donors (Lipinski definition) is 2. The summed E-state index contributed by atoms with van der Waals surface area (Å²) in [5.74, 6) is 17.3. The van der Waals surface area contributed by atoms with Gasteiger partial charge in [0.15, 0.2) is 0 Å². The zero-order valence-corrected chi connectivity index (χ0v) is 18.4. The van der Waals surface area contributed by atoms with Crippen LogP contribution in [0.2, 0.25) is 0 Å². The fourth-order valence-corrected chi connectivity index (χ4v) is 3.19. The molecule has 0 aliphatic carbocycles. The number of hydrazine groups is 1. The number of unbranched alkanes of at least 4 members (excludes halogenated alkanes) is 16. The Labute approximate surface area is 175 Å². The molecule has 1 amide bonds. The highest BCUT2D eigenvalue weighted by Gasteiger charge is 1.97. The average molecular weight is 389 g/mol. The molecule has 0 rings (SSSR count). The predicted molar refractivity (Wildman–Crippen MR) is 121 cm³/mol. The molecular weight excluding hydrogens is 344 g/mol. The number of hydrogen-bond acceptors (Lipinski definition) is 2. The normalized spacial score (nSPS) is 9.93. The van der Waals surface area contributed by atoms with Gasteiger partial charge in [0.1, 0.15) is 0 Å². The SMILES string of the molecule is CCCCCCCCCCCCC#CC#CCCCCCCCCC(=O)NN. The summed E-state index contributed by atoms with van der Waals surface area (Å²) in [7, 11) is 0. The van der Waals surface area contributed by atoms with Crippen molar-refractivity contribution in [2.24, 2.45) is 5.84 Å². The van der Waals surface area contributed by atoms with E-state index in [0.29, 0.717) is 6.42 Å². The van der Waals surface area contributed by atoms with Crippen LogP contribution in [0.5, 0.6) is 0 Å². The van der Waals surface area contributed by atoms with Crippen LogP contribution in [0, 0.1) is 23.7 Å². The maximum absolute atomic E-state index is 11.0. The Morgan fingerprint density at radius 3 is 1.46 bits per heavy atom. The van der Waals surface area contributed by atoms with Gasteiger partial charge in [0.2, 0.25) is 5.91 Å². The molecule has 0 aromatic heterocycles. The molecule has 28 heavy (non-hydrogen) atoms. The topological polar surface area (TPSA) is 55.1 Å². The fourth-order valence-electron chi connectivity index (χ4n) is 3.19. The van der Waals surface area contributed by atoms with Crippen molar-refractivity contribution >= 4 is 5.91 Å². The van der Waals surface area contributed by atoms with Gasteiger partial charge in [0.25, 0.3) is 0 Å². The van der Waals surface area contributed by atoms with Crippen LogP contribution in [0.4, 0.5) is 0 Å². The molecule has 0 fully saturated rings. The zero-order chi connectivity index (χ0) is 20.5. The fraction of sp³-hybridized carbons (Fsp3) is 0.800. The lowest BCUT2D eigenvalue weighted by atomic mass is 10.1. The van der Waals surface area contributed by atoms with Crippen LogP contribution in [0.15, 0.2) is 0 Å². The van der Waals surface area contributed by atoms with E-state index in [4.69, 9.17) is 5.84 Å². The summed E-state index contributed by atoms with van der Waals surface area (Å²) < 4.78 is 0. The monoisotopic (exact) mass is 388 g/mol. The van der Waals surface area contributed by atoms with Crippen molar-refractivity contribution in [3.05, 3.63) is 0 Å². The lowest BCUT2D eigenvalue weighted by molar-refractivity contribution is -0.121. The van der Waals surface area contributed by atoms with Crippen molar-refractivity contribution in [2.75, 3.05) is 0 Å². The molecule has 0 aromatic rings. The van der Waals surface area contributed by atoms with E-state index in [1.807, 2.05) is 0 Å². The molecule has 0 bridgehead atoms. The second kappa shape index (κ2) is 23.6. The molecule has 0 aromatic carbocycles. The van der Waals surface area contributed by atoms with E-state index in [1.165, 1.54) is 83.5 Å². The molecule has 3 heteroatoms. The molecule has 0 saturated heterocycles. The average Bonchev–Trinajstić information content (AvgIpc) is 2.71. The van der Waals surface area contributed by atoms with Gasteiger partial charge in [-0.05, 0) is 31.1 Å². The van der Waals surface area contributed by atoms with E-state index in [2.05, 4.69) is 36.0 Å². The van der Waals surface area contributed by atoms with Crippen LogP contribution in [-0.4, -0.2) is 5.91 Å². The first-order chi connectivity index (χ1) is 13.8. The lowest BCUT2D eigenvalue weighted by Crippen LogP contribution is -2.29. The van der Waals surface area contributed by atoms with Crippen molar-refractivity contribution in [1.29, 1.82) is 0 Å². The maximum atomic E-state index is 11.0. The molecule has 0 saturated carbocycles. The van der Waals surface area contributed by atoms with E-state index in [9.17, 15) is 4.79 Å². The number of carbonyl (C=O) groups is 1. The summed E-state index contributed by atoms with van der Waals surface area (Å²) in [6.45, 7) is 2.27. The first-order valence-corrected chi connectivity index (χ1v) is 11.8. The summed E-state index contributed by atoms with van der Waals surface area (Å²) in [4.78, 5) is 11.0. The third-order valence-electron chi connectivity index (χ3n) is 5.01. The van der Waals surface area contributed by atoms with Gasteiger partial charge in [-0.25, -0.2) is 5.84 Å². The predicted octanol–water partition coefficient (Wildman–Crippen LogP) is 6.41. The Hall–Kier alpha value is -1.45. The Kier molecular flexibility index (Phi) is 22.4. The van der Waals surface area contributed by atoms with Crippen molar-refractivity contribution in [3.63, 3.8) is 0 Å². The van der Waals surface area contributed by atoms with Gasteiger partial charge in [0.05, 0.1) is 0 Å². The summed E-state index contributed by atoms with van der Waals surface area (Å²) in [5.41, 5.74) is 2.16. The zero-order valence-electron chi connectivity index (χ0n) is 18.4. The Morgan fingerprint density at radius 1 is 0.643 bits per heavy atom. The van der Waals surface area contributed by atoms with Crippen LogP contribution in [-0.2, 0) is 4.79 Å². The van der Waals surface area contributed by atoms with Crippen LogP contribution < -0.4 is 11.3 Å². The highest BCUT2D eigenvalue weighted by atomic mass is 16.2. The molecule has 0 atom stereocenters. The molecule has 0 aliphatic heterocycles. The first kappa shape index (κ1) is 26.6. The minimum absolute atomic E-state index is 0.0652. The summed E-state index contributed by atoms with van der Waals surface area (Å²) in [6.07, 6.45) is 23.0. The van der Waals surface area contributed by atoms with E-state index in [1.54, 1.807) is 0 Å². The number of nitrogens with two attached hydrogens (primary N) is 1. The Morgan fingerprint density at radius 2 is 1.04 bits per heavy atom. The molecule has 0 radical (unpaired) electrons. The minimum atomic E-state index is -0.0652. The largest absolute Gasteiger partial charge is 0.294 e. The lowest BCUT2D eigenvalue weighted by Gasteiger charge is -2.00. The van der Waals surface area contributed by atoms with E-state index in [-0.39, 0.29) is 5.91 Å². The molecule has 160 valence electrons. The quantitative estimate of drug-likeness (QED) is 0.0936. The number of amides is 1. The highest BCUT2D eigenvalue weighted by Crippen LogP contribution is 2.11. The molecule has 3 nitrogen and oxygen atoms in total. The third-order valence-corrected chi connectivity index (χ3v) is 5.01. The summed E-state index contributed by atoms with van der Waals surface area (Å²) in [6, 6.07) is 0. The van der Waals surface area contributed by atoms with Crippen molar-refractivity contribution in [1.82, 2.24) is 5.43 Å². The molecule has 0 spiro atoms. The third kappa shape index (κ3) is 22.6. The van der Waals surface area contributed by atoms with Crippen LogP contribution in [0.1, 0.15) is 129 Å². The Balaban J connectivity index is 3.26. The van der Waals surface area contributed by atoms with Crippen molar-refractivity contribution < 1.29 is 4.79 Å². The minimum Gasteiger partial charge on any atom is -0.294 e. The number of rotatable bonds is 18. The second-order valence-corrected chi connectivity index (χ2v) is 7.72. The maximum Gasteiger partial charge on any atom is 0.233 e. The Bertz CT molecular complexity index is 464. The molecule has 0 heterocycles. The van der Waals surface area contributed by atoms with Gasteiger partial charge < -0.3 is 0 Å². The number of carbonyl (C=O) groups excluding carboxylic acids is 1. The van der Waals surface area contributed by atoms with E-state index >= 15 is 0 Å². The van der Waals surface area contributed by atoms with E-state index < -0.39 is 0 Å². The van der Waals surface area contributed by atoms with Gasteiger partial charge in [-0.2, -0.15) is 0 Å². The van der Waals surface area contributed by atoms with Crippen molar-refractivity contribution in [2.45, 2.75) is 129 Å². The van der Waals surface area contributed by atoms with Crippen LogP contribution >= 0.6 is 0 Å². The standard InChI is InChI=1S/C25H44N2O/c1-2-3-4-5-6-7-8-9-10-11-12-13-14-15-16-17-18-19-20-21-22-23-24-25(28)27-26/h2-12,17-24,26H2,1H3,(H,27,28). The van der Waals surface area contributed by atoms with Gasteiger partial charge >= 0.3 is 0 Å². The second-order valence-electron chi connectivity index (χ2n) is 7.72. The smallest absolute Gasteiger partial charge is 0.233 e. The number of nitrogens with one attached hydrogen (secondary N) is 1.